The van der Waals surface area contributed by atoms with E-state index in [1.54, 1.807) is 48.8 Å². The smallest absolute Gasteiger partial charge is 0.254 e. The van der Waals surface area contributed by atoms with Crippen LogP contribution < -0.4 is 33.2 Å². The second kappa shape index (κ2) is 27.4. The molecule has 1 atom stereocenters. The minimum Gasteiger partial charge on any atom is -0.365 e. The Morgan fingerprint density at radius 3 is 1.58 bits per heavy atom. The van der Waals surface area contributed by atoms with Crippen LogP contribution in [-0.4, -0.2) is 50.8 Å². The Labute approximate surface area is 455 Å². The zero-order valence-corrected chi connectivity index (χ0v) is 44.8. The van der Waals surface area contributed by atoms with Gasteiger partial charge in [-0.1, -0.05) is 126 Å². The zero-order chi connectivity index (χ0) is 51.5. The molecule has 9 N–H and O–H groups in total. The fraction of sp³-hybridized carbons (Fsp3) is 0.102. The highest BCUT2D eigenvalue weighted by atomic mass is 35.5. The number of nitrogens with zero attached hydrogens (tertiary/aromatic N) is 7. The van der Waals surface area contributed by atoms with Crippen LogP contribution in [0.3, 0.4) is 0 Å². The number of benzene rings is 3. The molecule has 0 saturated carbocycles. The van der Waals surface area contributed by atoms with Crippen LogP contribution in [0.1, 0.15) is 66.4 Å². The van der Waals surface area contributed by atoms with E-state index in [2.05, 4.69) is 68.1 Å². The summed E-state index contributed by atoms with van der Waals surface area (Å²) < 4.78 is 13.1. The molecule has 3 aromatic carbocycles. The standard InChI is InChI=1S/C18H18N4OS2.C16H13ClN4OS2.C15H12ClN5OS2/c1-2-14(12-7-4-3-5-8-12)24-18-15(16(19)23)17(25-22-18)21-13-9-6-10-20-11-13;17-11-6-4-10(5-7-11)9-23-16-13(14(18)22)15(24-21-16)20-12-3-1-2-8-19-12;16-10-4-2-9(3-5-10)8-23-14-11(12(17)22)13(24-21-14)20-15-18-6-1-7-19-15/h3-11,14,21H,2H2,1H3,(H2,19,23);1-8H,9H2,(H2,18,22)(H,19,20);1-7H,8H2,(H2,17,22)(H,18,19,20). The third-order valence-corrected chi connectivity index (χ3v) is 16.4. The van der Waals surface area contributed by atoms with E-state index in [1.165, 1.54) is 52.2 Å². The Kier molecular flexibility index (Phi) is 20.3. The average molecular weight is 1130 g/mol. The third-order valence-electron chi connectivity index (χ3n) is 9.71. The maximum Gasteiger partial charge on any atom is 0.254 e. The minimum atomic E-state index is -0.541. The molecule has 6 heterocycles. The molecule has 372 valence electrons. The number of nitrogens with two attached hydrogens (primary N) is 3. The van der Waals surface area contributed by atoms with Gasteiger partial charge in [0.2, 0.25) is 5.95 Å². The first-order valence-corrected chi connectivity index (χ1v) is 27.6. The number of anilines is 6. The summed E-state index contributed by atoms with van der Waals surface area (Å²) in [4.78, 5) is 52.1. The highest BCUT2D eigenvalue weighted by Gasteiger charge is 2.24. The number of rotatable bonds is 19. The topological polar surface area (TPSA) is 256 Å². The Morgan fingerprint density at radius 1 is 0.562 bits per heavy atom. The number of hydrogen-bond donors (Lipinski definition) is 6. The van der Waals surface area contributed by atoms with Gasteiger partial charge in [0.25, 0.3) is 17.7 Å². The number of pyridine rings is 2. The second-order valence-electron chi connectivity index (χ2n) is 14.8. The first-order chi connectivity index (χ1) is 35.4. The van der Waals surface area contributed by atoms with Crippen molar-refractivity contribution in [3.8, 4) is 0 Å². The van der Waals surface area contributed by atoms with E-state index in [1.807, 2.05) is 97.1 Å². The molecule has 0 fully saturated rings. The van der Waals surface area contributed by atoms with Crippen molar-refractivity contribution in [1.29, 1.82) is 0 Å². The van der Waals surface area contributed by atoms with Gasteiger partial charge in [-0.2, -0.15) is 13.1 Å². The van der Waals surface area contributed by atoms with Crippen LogP contribution in [0.5, 0.6) is 0 Å². The van der Waals surface area contributed by atoms with Gasteiger partial charge in [0.1, 0.15) is 52.6 Å². The van der Waals surface area contributed by atoms with E-state index < -0.39 is 17.7 Å². The minimum absolute atomic E-state index is 0.215. The Morgan fingerprint density at radius 2 is 1.07 bits per heavy atom. The first kappa shape index (κ1) is 54.2. The van der Waals surface area contributed by atoms with Crippen LogP contribution in [0.25, 0.3) is 0 Å². The maximum absolute atomic E-state index is 12.0. The summed E-state index contributed by atoms with van der Waals surface area (Å²) in [6.45, 7) is 2.12. The average Bonchev–Trinajstić information content (AvgIpc) is 4.13. The van der Waals surface area contributed by atoms with Gasteiger partial charge < -0.3 is 33.2 Å². The molecule has 0 aliphatic carbocycles. The third kappa shape index (κ3) is 15.9. The molecular formula is C49H43Cl2N13O3S6. The molecule has 1 unspecified atom stereocenters. The van der Waals surface area contributed by atoms with Crippen molar-refractivity contribution in [2.24, 2.45) is 17.2 Å². The molecule has 6 aromatic heterocycles. The van der Waals surface area contributed by atoms with Gasteiger partial charge in [-0.05, 0) is 112 Å². The highest BCUT2D eigenvalue weighted by Crippen LogP contribution is 2.42. The van der Waals surface area contributed by atoms with Crippen molar-refractivity contribution in [1.82, 2.24) is 33.1 Å². The molecule has 9 rings (SSSR count). The number of aromatic nitrogens is 7. The Bertz CT molecular complexity index is 3050. The van der Waals surface area contributed by atoms with Crippen molar-refractivity contribution in [3.05, 3.63) is 190 Å². The Balaban J connectivity index is 0.000000160. The van der Waals surface area contributed by atoms with E-state index in [-0.39, 0.29) is 5.25 Å². The van der Waals surface area contributed by atoms with E-state index in [0.29, 0.717) is 80.1 Å². The monoisotopic (exact) mass is 1120 g/mol. The number of nitrogens with one attached hydrogen (secondary N) is 3. The quantitative estimate of drug-likeness (QED) is 0.0412. The van der Waals surface area contributed by atoms with Crippen LogP contribution in [0.15, 0.2) is 161 Å². The number of carbonyl (C=O) groups excluding carboxylic acids is 3. The molecule has 0 radical (unpaired) electrons. The summed E-state index contributed by atoms with van der Waals surface area (Å²) in [5.74, 6) is 0.815. The van der Waals surface area contributed by atoms with Gasteiger partial charge in [-0.25, -0.2) is 15.0 Å². The second-order valence-corrected chi connectivity index (χ2v) is 21.1. The molecule has 16 nitrogen and oxygen atoms in total. The number of carbonyl (C=O) groups is 3. The zero-order valence-electron chi connectivity index (χ0n) is 38.3. The molecule has 9 aromatic rings. The number of thioether (sulfide) groups is 3. The fourth-order valence-corrected chi connectivity index (χ4v) is 12.5. The van der Waals surface area contributed by atoms with Gasteiger partial charge in [-0.3, -0.25) is 19.4 Å². The normalized spacial score (nSPS) is 11.0. The van der Waals surface area contributed by atoms with Crippen LogP contribution in [-0.2, 0) is 11.5 Å². The predicted molar refractivity (Wildman–Crippen MR) is 300 cm³/mol. The Hall–Kier alpha value is -6.63. The van der Waals surface area contributed by atoms with Crippen molar-refractivity contribution in [3.63, 3.8) is 0 Å². The summed E-state index contributed by atoms with van der Waals surface area (Å²) in [6, 6.07) is 36.2. The first-order valence-electron chi connectivity index (χ1n) is 21.7. The summed E-state index contributed by atoms with van der Waals surface area (Å²) in [5.41, 5.74) is 22.0. The van der Waals surface area contributed by atoms with Crippen LogP contribution in [0.4, 0.5) is 32.5 Å². The number of amides is 3. The highest BCUT2D eigenvalue weighted by molar-refractivity contribution is 7.99. The van der Waals surface area contributed by atoms with Gasteiger partial charge >= 0.3 is 0 Å². The van der Waals surface area contributed by atoms with Crippen LogP contribution in [0.2, 0.25) is 10.0 Å². The maximum atomic E-state index is 12.0. The molecule has 73 heavy (non-hydrogen) atoms. The molecule has 24 heteroatoms. The van der Waals surface area contributed by atoms with E-state index in [4.69, 9.17) is 40.4 Å². The van der Waals surface area contributed by atoms with Crippen molar-refractivity contribution >= 4 is 143 Å². The largest absolute Gasteiger partial charge is 0.365 e. The van der Waals surface area contributed by atoms with E-state index in [9.17, 15) is 14.4 Å². The van der Waals surface area contributed by atoms with Gasteiger partial charge in [0, 0.05) is 51.6 Å². The lowest BCUT2D eigenvalue weighted by molar-refractivity contribution is 0.0990. The van der Waals surface area contributed by atoms with Gasteiger partial charge in [0.15, 0.2) is 0 Å². The van der Waals surface area contributed by atoms with Gasteiger partial charge in [0.05, 0.1) is 11.9 Å². The molecule has 0 saturated heterocycles. The molecule has 0 spiro atoms. The van der Waals surface area contributed by atoms with E-state index in [0.717, 1.165) is 34.8 Å². The summed E-state index contributed by atoms with van der Waals surface area (Å²) in [5, 5.41) is 14.5. The summed E-state index contributed by atoms with van der Waals surface area (Å²) in [6.07, 6.45) is 9.20. The number of halogens is 2. The molecule has 0 aliphatic heterocycles. The van der Waals surface area contributed by atoms with Crippen molar-refractivity contribution < 1.29 is 14.4 Å². The summed E-state index contributed by atoms with van der Waals surface area (Å²) >= 11 is 19.8. The van der Waals surface area contributed by atoms with Crippen molar-refractivity contribution in [2.75, 3.05) is 16.0 Å². The molecule has 0 aliphatic rings. The predicted octanol–water partition coefficient (Wildman–Crippen LogP) is 12.7. The number of hydrogen-bond acceptors (Lipinski definition) is 19. The van der Waals surface area contributed by atoms with Crippen molar-refractivity contribution in [2.45, 2.75) is 45.2 Å². The lowest BCUT2D eigenvalue weighted by Crippen LogP contribution is -2.13. The van der Waals surface area contributed by atoms with Crippen LogP contribution >= 0.6 is 93.1 Å². The lowest BCUT2D eigenvalue weighted by atomic mass is 10.1. The molecule has 0 bridgehead atoms. The lowest BCUT2D eigenvalue weighted by Gasteiger charge is -2.14. The SMILES string of the molecule is CCC(Sc1nsc(Nc2cccnc2)c1C(N)=O)c1ccccc1.NC(=O)c1c(SCc2ccc(Cl)cc2)nsc1Nc1ccccn1.NC(=O)c1c(SCc2ccc(Cl)cc2)nsc1Nc1ncccn1. The summed E-state index contributed by atoms with van der Waals surface area (Å²) in [7, 11) is 0. The number of primary amides is 3. The van der Waals surface area contributed by atoms with E-state index >= 15 is 0 Å². The fourth-order valence-electron chi connectivity index (χ4n) is 6.25. The van der Waals surface area contributed by atoms with Crippen LogP contribution in [0, 0.1) is 0 Å². The molecular weight excluding hydrogens is 1080 g/mol. The molecule has 3 amide bonds. The van der Waals surface area contributed by atoms with Gasteiger partial charge in [-0.15, -0.1) is 0 Å².